The number of hydrogen-bond donors (Lipinski definition) is 0. The van der Waals surface area contributed by atoms with Crippen molar-refractivity contribution in [3.8, 4) is 11.1 Å². The zero-order valence-corrected chi connectivity index (χ0v) is 9.16. The monoisotopic (exact) mass is 235 g/mol. The zero-order chi connectivity index (χ0) is 10.3. The van der Waals surface area contributed by atoms with Crippen LogP contribution in [0.15, 0.2) is 35.3 Å². The summed E-state index contributed by atoms with van der Waals surface area (Å²) in [6, 6.07) is 3.79. The van der Waals surface area contributed by atoms with Crippen LogP contribution >= 0.6 is 22.9 Å². The molecule has 0 atom stereocenters. The molecule has 0 saturated carbocycles. The molecule has 0 radical (unpaired) electrons. The van der Waals surface area contributed by atoms with Crippen molar-refractivity contribution < 1.29 is 0 Å². The normalized spacial score (nSPS) is 11.0. The zero-order valence-electron chi connectivity index (χ0n) is 7.59. The molecule has 0 bridgehead atoms. The van der Waals surface area contributed by atoms with Gasteiger partial charge in [-0.05, 0) is 22.4 Å². The Morgan fingerprint density at radius 2 is 2.27 bits per heavy atom. The van der Waals surface area contributed by atoms with Crippen LogP contribution in [0.3, 0.4) is 0 Å². The van der Waals surface area contributed by atoms with E-state index in [9.17, 15) is 0 Å². The number of rotatable bonds is 1. The molecule has 0 unspecified atom stereocenters. The van der Waals surface area contributed by atoms with Crippen molar-refractivity contribution in [2.75, 3.05) is 0 Å². The van der Waals surface area contributed by atoms with Gasteiger partial charge in [-0.1, -0.05) is 11.6 Å². The van der Waals surface area contributed by atoms with E-state index in [0.717, 1.165) is 16.8 Å². The predicted molar refractivity (Wildman–Crippen MR) is 61.3 cm³/mol. The van der Waals surface area contributed by atoms with Gasteiger partial charge in [0.05, 0.1) is 0 Å². The van der Waals surface area contributed by atoms with Crippen molar-refractivity contribution in [2.45, 2.75) is 0 Å². The van der Waals surface area contributed by atoms with Gasteiger partial charge >= 0.3 is 0 Å². The van der Waals surface area contributed by atoms with E-state index < -0.39 is 0 Å². The van der Waals surface area contributed by atoms with E-state index in [1.54, 1.807) is 21.9 Å². The van der Waals surface area contributed by atoms with Gasteiger partial charge in [0.2, 0.25) is 0 Å². The van der Waals surface area contributed by atoms with E-state index in [2.05, 4.69) is 21.5 Å². The maximum Gasteiger partial charge on any atom is 0.156 e. The van der Waals surface area contributed by atoms with Crippen molar-refractivity contribution in [1.82, 2.24) is 14.6 Å². The predicted octanol–water partition coefficient (Wildman–Crippen LogP) is 3.11. The molecule has 0 amide bonds. The van der Waals surface area contributed by atoms with Crippen LogP contribution in [0.2, 0.25) is 5.15 Å². The fraction of sp³-hybridized carbons (Fsp3) is 0. The van der Waals surface area contributed by atoms with E-state index in [0.29, 0.717) is 5.15 Å². The maximum absolute atomic E-state index is 5.79. The first-order chi connectivity index (χ1) is 7.33. The molecule has 0 aromatic carbocycles. The summed E-state index contributed by atoms with van der Waals surface area (Å²) in [5.41, 5.74) is 2.96. The molecule has 15 heavy (non-hydrogen) atoms. The summed E-state index contributed by atoms with van der Waals surface area (Å²) < 4.78 is 1.69. The number of aromatic nitrogens is 3. The largest absolute Gasteiger partial charge is 0.236 e. The molecule has 3 heterocycles. The Hall–Kier alpha value is -1.39. The van der Waals surface area contributed by atoms with Crippen molar-refractivity contribution in [3.63, 3.8) is 0 Å². The van der Waals surface area contributed by atoms with E-state index in [1.807, 2.05) is 17.8 Å². The molecule has 3 aromatic rings. The van der Waals surface area contributed by atoms with Crippen LogP contribution in [0, 0.1) is 0 Å². The molecule has 0 aliphatic carbocycles. The Balaban J connectivity index is 2.21. The molecule has 5 heteroatoms. The van der Waals surface area contributed by atoms with Gasteiger partial charge in [0, 0.05) is 24.0 Å². The van der Waals surface area contributed by atoms with Gasteiger partial charge < -0.3 is 0 Å². The van der Waals surface area contributed by atoms with E-state index in [1.165, 1.54) is 0 Å². The fourth-order valence-electron chi connectivity index (χ4n) is 1.43. The molecule has 0 N–H and O–H groups in total. The first kappa shape index (κ1) is 8.88. The highest BCUT2D eigenvalue weighted by molar-refractivity contribution is 7.08. The summed E-state index contributed by atoms with van der Waals surface area (Å²) in [5, 5.41) is 8.68. The maximum atomic E-state index is 5.79. The van der Waals surface area contributed by atoms with Crippen LogP contribution in [-0.2, 0) is 0 Å². The van der Waals surface area contributed by atoms with Crippen LogP contribution in [0.5, 0.6) is 0 Å². The summed E-state index contributed by atoms with van der Waals surface area (Å²) in [7, 11) is 0. The summed E-state index contributed by atoms with van der Waals surface area (Å²) in [5.74, 6) is 0. The lowest BCUT2D eigenvalue weighted by molar-refractivity contribution is 0.942. The lowest BCUT2D eigenvalue weighted by Gasteiger charge is -1.97. The second-order valence-corrected chi connectivity index (χ2v) is 4.29. The van der Waals surface area contributed by atoms with Crippen molar-refractivity contribution in [1.29, 1.82) is 0 Å². The first-order valence-corrected chi connectivity index (χ1v) is 5.68. The number of nitrogens with zero attached hydrogens (tertiary/aromatic N) is 3. The van der Waals surface area contributed by atoms with Gasteiger partial charge in [-0.3, -0.25) is 0 Å². The minimum atomic E-state index is 0.463. The molecule has 3 nitrogen and oxygen atoms in total. The smallest absolute Gasteiger partial charge is 0.156 e. The van der Waals surface area contributed by atoms with Crippen LogP contribution in [0.1, 0.15) is 0 Å². The second kappa shape index (κ2) is 3.32. The third kappa shape index (κ3) is 1.52. The highest BCUT2D eigenvalue weighted by Crippen LogP contribution is 2.21. The van der Waals surface area contributed by atoms with Crippen LogP contribution in [0.4, 0.5) is 0 Å². The SMILES string of the molecule is Clc1cc2ncc(-c3ccsc3)cn2n1. The number of thiophene rings is 1. The highest BCUT2D eigenvalue weighted by atomic mass is 35.5. The Morgan fingerprint density at radius 3 is 3.07 bits per heavy atom. The Bertz CT molecular complexity index is 600. The summed E-state index contributed by atoms with van der Waals surface area (Å²) >= 11 is 7.45. The summed E-state index contributed by atoms with van der Waals surface area (Å²) in [6.07, 6.45) is 3.76. The van der Waals surface area contributed by atoms with Crippen LogP contribution < -0.4 is 0 Å². The molecule has 0 saturated heterocycles. The second-order valence-electron chi connectivity index (χ2n) is 3.12. The van der Waals surface area contributed by atoms with E-state index in [-0.39, 0.29) is 0 Å². The number of fused-ring (bicyclic) bond motifs is 1. The lowest BCUT2D eigenvalue weighted by Crippen LogP contribution is -1.90. The molecule has 0 aliphatic rings. The van der Waals surface area contributed by atoms with Gasteiger partial charge in [-0.2, -0.15) is 16.4 Å². The summed E-state index contributed by atoms with van der Waals surface area (Å²) in [4.78, 5) is 4.28. The van der Waals surface area contributed by atoms with Gasteiger partial charge in [-0.25, -0.2) is 9.50 Å². The van der Waals surface area contributed by atoms with E-state index in [4.69, 9.17) is 11.6 Å². The van der Waals surface area contributed by atoms with Crippen LogP contribution in [-0.4, -0.2) is 14.6 Å². The van der Waals surface area contributed by atoms with Crippen molar-refractivity contribution in [3.05, 3.63) is 40.4 Å². The standard InChI is InChI=1S/C10H6ClN3S/c11-9-3-10-12-4-8(5-14(10)13-9)7-1-2-15-6-7/h1-6H. The Kier molecular flexibility index (Phi) is 1.97. The molecule has 3 rings (SSSR count). The number of hydrogen-bond acceptors (Lipinski definition) is 3. The molecular formula is C10H6ClN3S. The molecule has 0 fully saturated rings. The lowest BCUT2D eigenvalue weighted by atomic mass is 10.2. The Labute approximate surface area is 95.0 Å². The quantitative estimate of drug-likeness (QED) is 0.649. The van der Waals surface area contributed by atoms with Gasteiger partial charge in [0.15, 0.2) is 10.8 Å². The van der Waals surface area contributed by atoms with Crippen molar-refractivity contribution in [2.24, 2.45) is 0 Å². The third-order valence-electron chi connectivity index (χ3n) is 2.14. The highest BCUT2D eigenvalue weighted by Gasteiger charge is 2.03. The average Bonchev–Trinajstić information content (AvgIpc) is 2.82. The van der Waals surface area contributed by atoms with Crippen LogP contribution in [0.25, 0.3) is 16.8 Å². The molecular weight excluding hydrogens is 230 g/mol. The fourth-order valence-corrected chi connectivity index (χ4v) is 2.27. The van der Waals surface area contributed by atoms with E-state index >= 15 is 0 Å². The van der Waals surface area contributed by atoms with Gasteiger partial charge in [0.25, 0.3) is 0 Å². The Morgan fingerprint density at radius 1 is 1.33 bits per heavy atom. The molecule has 0 spiro atoms. The molecule has 0 aliphatic heterocycles. The summed E-state index contributed by atoms with van der Waals surface area (Å²) in [6.45, 7) is 0. The minimum absolute atomic E-state index is 0.463. The first-order valence-electron chi connectivity index (χ1n) is 4.36. The molecule has 3 aromatic heterocycles. The third-order valence-corrected chi connectivity index (χ3v) is 3.01. The topological polar surface area (TPSA) is 30.2 Å². The van der Waals surface area contributed by atoms with Crippen molar-refractivity contribution >= 4 is 28.6 Å². The average molecular weight is 236 g/mol. The van der Waals surface area contributed by atoms with Gasteiger partial charge in [-0.15, -0.1) is 0 Å². The van der Waals surface area contributed by atoms with Gasteiger partial charge in [0.1, 0.15) is 0 Å². The number of halogens is 1. The molecule has 74 valence electrons. The minimum Gasteiger partial charge on any atom is -0.236 e.